The SMILES string of the molecule is CCOC(=O)CCCNCc1cc(OC)c(O)c(OC)c1. The minimum Gasteiger partial charge on any atom is -0.502 e. The lowest BCUT2D eigenvalue weighted by atomic mass is 10.1. The Morgan fingerprint density at radius 3 is 2.38 bits per heavy atom. The molecule has 0 spiro atoms. The predicted molar refractivity (Wildman–Crippen MR) is 78.8 cm³/mol. The van der Waals surface area contributed by atoms with Crippen molar-refractivity contribution < 1.29 is 24.1 Å². The van der Waals surface area contributed by atoms with E-state index in [1.54, 1.807) is 19.1 Å². The van der Waals surface area contributed by atoms with Gasteiger partial charge in [0.25, 0.3) is 0 Å². The summed E-state index contributed by atoms with van der Waals surface area (Å²) in [5.74, 6) is 0.564. The molecule has 0 aliphatic heterocycles. The van der Waals surface area contributed by atoms with Gasteiger partial charge in [0.05, 0.1) is 20.8 Å². The number of hydrogen-bond donors (Lipinski definition) is 2. The molecule has 6 nitrogen and oxygen atoms in total. The van der Waals surface area contributed by atoms with Gasteiger partial charge in [0.2, 0.25) is 5.75 Å². The van der Waals surface area contributed by atoms with E-state index in [1.165, 1.54) is 14.2 Å². The van der Waals surface area contributed by atoms with E-state index in [2.05, 4.69) is 5.32 Å². The first-order valence-electron chi connectivity index (χ1n) is 6.92. The van der Waals surface area contributed by atoms with Crippen LogP contribution in [0.4, 0.5) is 0 Å². The van der Waals surface area contributed by atoms with Crippen LogP contribution in [0.25, 0.3) is 0 Å². The molecule has 1 rings (SSSR count). The molecule has 6 heteroatoms. The number of hydrogen-bond acceptors (Lipinski definition) is 6. The van der Waals surface area contributed by atoms with Crippen LogP contribution < -0.4 is 14.8 Å². The van der Waals surface area contributed by atoms with Gasteiger partial charge < -0.3 is 24.6 Å². The Kier molecular flexibility index (Phi) is 7.39. The van der Waals surface area contributed by atoms with Crippen LogP contribution in [0, 0.1) is 0 Å². The Morgan fingerprint density at radius 2 is 1.86 bits per heavy atom. The molecule has 0 aliphatic carbocycles. The second-order valence-electron chi connectivity index (χ2n) is 4.43. The van der Waals surface area contributed by atoms with Gasteiger partial charge in [-0.25, -0.2) is 0 Å². The van der Waals surface area contributed by atoms with Crippen molar-refractivity contribution in [1.82, 2.24) is 5.32 Å². The summed E-state index contributed by atoms with van der Waals surface area (Å²) in [6, 6.07) is 3.49. The average molecular weight is 297 g/mol. The van der Waals surface area contributed by atoms with Crippen molar-refractivity contribution in [2.24, 2.45) is 0 Å². The first-order chi connectivity index (χ1) is 10.1. The third-order valence-corrected chi connectivity index (χ3v) is 2.91. The van der Waals surface area contributed by atoms with Gasteiger partial charge in [-0.3, -0.25) is 4.79 Å². The molecular weight excluding hydrogens is 274 g/mol. The third-order valence-electron chi connectivity index (χ3n) is 2.91. The molecule has 0 saturated carbocycles. The maximum Gasteiger partial charge on any atom is 0.305 e. The molecule has 0 heterocycles. The summed E-state index contributed by atoms with van der Waals surface area (Å²) >= 11 is 0. The fourth-order valence-electron chi connectivity index (χ4n) is 1.87. The highest BCUT2D eigenvalue weighted by Crippen LogP contribution is 2.36. The van der Waals surface area contributed by atoms with E-state index < -0.39 is 0 Å². The quantitative estimate of drug-likeness (QED) is 0.535. The summed E-state index contributed by atoms with van der Waals surface area (Å²) in [5, 5.41) is 13.0. The van der Waals surface area contributed by atoms with Crippen LogP contribution in [0.1, 0.15) is 25.3 Å². The van der Waals surface area contributed by atoms with E-state index in [1.807, 2.05) is 0 Å². The number of methoxy groups -OCH3 is 2. The summed E-state index contributed by atoms with van der Waals surface area (Å²) in [7, 11) is 2.98. The minimum absolute atomic E-state index is 0.00828. The number of benzene rings is 1. The maximum absolute atomic E-state index is 11.2. The first-order valence-corrected chi connectivity index (χ1v) is 6.92. The molecule has 0 bridgehead atoms. The summed E-state index contributed by atoms with van der Waals surface area (Å²) in [5.41, 5.74) is 0.928. The zero-order valence-electron chi connectivity index (χ0n) is 12.8. The van der Waals surface area contributed by atoms with Crippen molar-refractivity contribution in [2.75, 3.05) is 27.4 Å². The van der Waals surface area contributed by atoms with E-state index >= 15 is 0 Å². The Morgan fingerprint density at radius 1 is 1.24 bits per heavy atom. The van der Waals surface area contributed by atoms with Gasteiger partial charge in [-0.15, -0.1) is 0 Å². The number of carbonyl (C=O) groups is 1. The van der Waals surface area contributed by atoms with Gasteiger partial charge in [0.1, 0.15) is 0 Å². The van der Waals surface area contributed by atoms with Crippen molar-refractivity contribution in [2.45, 2.75) is 26.3 Å². The Labute approximate surface area is 125 Å². The summed E-state index contributed by atoms with van der Waals surface area (Å²) < 4.78 is 15.0. The Hall–Kier alpha value is -1.95. The highest BCUT2D eigenvalue weighted by atomic mass is 16.5. The molecule has 2 N–H and O–H groups in total. The molecule has 0 unspecified atom stereocenters. The van der Waals surface area contributed by atoms with Crippen molar-refractivity contribution in [1.29, 1.82) is 0 Å². The fourth-order valence-corrected chi connectivity index (χ4v) is 1.87. The smallest absolute Gasteiger partial charge is 0.305 e. The lowest BCUT2D eigenvalue weighted by Gasteiger charge is -2.11. The van der Waals surface area contributed by atoms with Crippen molar-refractivity contribution in [3.8, 4) is 17.2 Å². The van der Waals surface area contributed by atoms with Crippen LogP contribution in [-0.2, 0) is 16.1 Å². The molecule has 0 radical (unpaired) electrons. The molecule has 0 saturated heterocycles. The third kappa shape index (κ3) is 5.51. The van der Waals surface area contributed by atoms with Crippen molar-refractivity contribution in [3.63, 3.8) is 0 Å². The van der Waals surface area contributed by atoms with Gasteiger partial charge in [0.15, 0.2) is 11.5 Å². The van der Waals surface area contributed by atoms with E-state index in [-0.39, 0.29) is 11.7 Å². The van der Waals surface area contributed by atoms with Crippen LogP contribution >= 0.6 is 0 Å². The first kappa shape index (κ1) is 17.1. The fraction of sp³-hybridized carbons (Fsp3) is 0.533. The normalized spacial score (nSPS) is 10.2. The standard InChI is InChI=1S/C15H23NO5/c1-4-21-14(17)6-5-7-16-10-11-8-12(19-2)15(18)13(9-11)20-3/h8-9,16,18H,4-7,10H2,1-3H3. The molecule has 0 aliphatic rings. The lowest BCUT2D eigenvalue weighted by Crippen LogP contribution is -2.16. The lowest BCUT2D eigenvalue weighted by molar-refractivity contribution is -0.143. The maximum atomic E-state index is 11.2. The molecule has 0 fully saturated rings. The Bertz CT molecular complexity index is 436. The van der Waals surface area contributed by atoms with Crippen LogP contribution in [0.15, 0.2) is 12.1 Å². The molecule has 0 amide bonds. The van der Waals surface area contributed by atoms with E-state index in [4.69, 9.17) is 14.2 Å². The van der Waals surface area contributed by atoms with Gasteiger partial charge in [0, 0.05) is 13.0 Å². The number of esters is 1. The van der Waals surface area contributed by atoms with Crippen LogP contribution in [-0.4, -0.2) is 38.4 Å². The molecule has 0 aromatic heterocycles. The van der Waals surface area contributed by atoms with Crippen molar-refractivity contribution >= 4 is 5.97 Å². The largest absolute Gasteiger partial charge is 0.502 e. The van der Waals surface area contributed by atoms with Crippen LogP contribution in [0.5, 0.6) is 17.2 Å². The van der Waals surface area contributed by atoms with Gasteiger partial charge in [-0.1, -0.05) is 0 Å². The van der Waals surface area contributed by atoms with E-state index in [0.717, 1.165) is 5.56 Å². The number of phenolic OH excluding ortho intramolecular Hbond substituents is 1. The Balaban J connectivity index is 2.43. The predicted octanol–water partition coefficient (Wildman–Crippen LogP) is 1.84. The number of ether oxygens (including phenoxy) is 3. The number of aromatic hydroxyl groups is 1. The summed E-state index contributed by atoms with van der Waals surface area (Å²) in [4.78, 5) is 11.2. The summed E-state index contributed by atoms with van der Waals surface area (Å²) in [6.07, 6.45) is 1.12. The molecule has 118 valence electrons. The molecule has 0 atom stereocenters. The molecular formula is C15H23NO5. The second-order valence-corrected chi connectivity index (χ2v) is 4.43. The van der Waals surface area contributed by atoms with Gasteiger partial charge >= 0.3 is 5.97 Å². The van der Waals surface area contributed by atoms with Crippen LogP contribution in [0.2, 0.25) is 0 Å². The topological polar surface area (TPSA) is 77.0 Å². The average Bonchev–Trinajstić information content (AvgIpc) is 2.48. The number of phenols is 1. The van der Waals surface area contributed by atoms with E-state index in [0.29, 0.717) is 44.0 Å². The molecule has 1 aromatic carbocycles. The monoisotopic (exact) mass is 297 g/mol. The number of carbonyl (C=O) groups excluding carboxylic acids is 1. The summed E-state index contributed by atoms with van der Waals surface area (Å²) in [6.45, 7) is 3.50. The number of rotatable bonds is 9. The second kappa shape index (κ2) is 9.07. The van der Waals surface area contributed by atoms with Gasteiger partial charge in [-0.2, -0.15) is 0 Å². The molecule has 21 heavy (non-hydrogen) atoms. The highest BCUT2D eigenvalue weighted by Gasteiger charge is 2.10. The molecule has 1 aromatic rings. The van der Waals surface area contributed by atoms with E-state index in [9.17, 15) is 9.90 Å². The van der Waals surface area contributed by atoms with Gasteiger partial charge in [-0.05, 0) is 37.6 Å². The number of nitrogens with one attached hydrogen (secondary N) is 1. The minimum atomic E-state index is -0.174. The highest BCUT2D eigenvalue weighted by molar-refractivity contribution is 5.69. The van der Waals surface area contributed by atoms with Crippen molar-refractivity contribution in [3.05, 3.63) is 17.7 Å². The zero-order chi connectivity index (χ0) is 15.7. The zero-order valence-corrected chi connectivity index (χ0v) is 12.8. The van der Waals surface area contributed by atoms with Crippen LogP contribution in [0.3, 0.4) is 0 Å².